The maximum absolute atomic E-state index is 5.57. The van der Waals surface area contributed by atoms with Crippen molar-refractivity contribution in [2.75, 3.05) is 30.7 Å². The number of nitrogens with two attached hydrogens (primary N) is 1. The number of nitrogens with zero attached hydrogens (tertiary/aromatic N) is 3. The Balaban J connectivity index is 1.74. The largest absolute Gasteiger partial charge is 0.384 e. The van der Waals surface area contributed by atoms with Gasteiger partial charge in [-0.2, -0.15) is 4.98 Å². The predicted molar refractivity (Wildman–Crippen MR) is 65.2 cm³/mol. The van der Waals surface area contributed by atoms with Crippen LogP contribution >= 0.6 is 0 Å². The van der Waals surface area contributed by atoms with Crippen molar-refractivity contribution in [2.45, 2.75) is 25.8 Å². The second kappa shape index (κ2) is 5.12. The van der Waals surface area contributed by atoms with Crippen molar-refractivity contribution in [1.82, 2.24) is 14.9 Å². The number of anilines is 2. The standard InChI is InChI=1S/C11H19N5/c1-2-16(9-3-4-9)8-7-14-11-13-6-5-10(12)15-11/h5-6,9H,2-4,7-8H2,1H3,(H3,12,13,14,15). The van der Waals surface area contributed by atoms with Gasteiger partial charge in [-0.05, 0) is 25.5 Å². The molecule has 0 amide bonds. The highest BCUT2D eigenvalue weighted by Gasteiger charge is 2.27. The lowest BCUT2D eigenvalue weighted by atomic mass is 10.4. The quantitative estimate of drug-likeness (QED) is 0.748. The van der Waals surface area contributed by atoms with Gasteiger partial charge in [0.1, 0.15) is 5.82 Å². The molecule has 0 bridgehead atoms. The van der Waals surface area contributed by atoms with Crippen molar-refractivity contribution in [2.24, 2.45) is 0 Å². The van der Waals surface area contributed by atoms with Crippen LogP contribution in [-0.2, 0) is 0 Å². The van der Waals surface area contributed by atoms with Gasteiger partial charge in [0.15, 0.2) is 0 Å². The molecule has 3 N–H and O–H groups in total. The van der Waals surface area contributed by atoms with E-state index in [9.17, 15) is 0 Å². The third-order valence-electron chi connectivity index (χ3n) is 2.83. The average molecular weight is 221 g/mol. The summed E-state index contributed by atoms with van der Waals surface area (Å²) in [5, 5.41) is 3.19. The van der Waals surface area contributed by atoms with Crippen LogP contribution in [0.5, 0.6) is 0 Å². The molecule has 2 rings (SSSR count). The number of hydrogen-bond donors (Lipinski definition) is 2. The first kappa shape index (κ1) is 11.1. The second-order valence-electron chi connectivity index (χ2n) is 4.09. The first-order valence-electron chi connectivity index (χ1n) is 5.86. The first-order chi connectivity index (χ1) is 7.79. The van der Waals surface area contributed by atoms with E-state index in [1.165, 1.54) is 12.8 Å². The summed E-state index contributed by atoms with van der Waals surface area (Å²) in [5.41, 5.74) is 5.57. The zero-order chi connectivity index (χ0) is 11.4. The molecule has 1 heterocycles. The van der Waals surface area contributed by atoms with Gasteiger partial charge in [0.25, 0.3) is 0 Å². The maximum Gasteiger partial charge on any atom is 0.224 e. The first-order valence-corrected chi connectivity index (χ1v) is 5.86. The van der Waals surface area contributed by atoms with Crippen molar-refractivity contribution in [1.29, 1.82) is 0 Å². The number of rotatable bonds is 6. The monoisotopic (exact) mass is 221 g/mol. The summed E-state index contributed by atoms with van der Waals surface area (Å²) in [7, 11) is 0. The van der Waals surface area contributed by atoms with Gasteiger partial charge >= 0.3 is 0 Å². The molecule has 1 aromatic heterocycles. The maximum atomic E-state index is 5.57. The van der Waals surface area contributed by atoms with E-state index in [2.05, 4.69) is 27.1 Å². The van der Waals surface area contributed by atoms with Crippen molar-refractivity contribution in [3.63, 3.8) is 0 Å². The molecule has 88 valence electrons. The molecule has 1 aliphatic carbocycles. The minimum absolute atomic E-state index is 0.507. The van der Waals surface area contributed by atoms with E-state index in [1.54, 1.807) is 12.3 Å². The molecule has 0 saturated heterocycles. The Bertz CT molecular complexity index is 337. The molecule has 5 nitrogen and oxygen atoms in total. The normalized spacial score (nSPS) is 15.4. The van der Waals surface area contributed by atoms with E-state index in [0.29, 0.717) is 11.8 Å². The van der Waals surface area contributed by atoms with Crippen LogP contribution in [0.25, 0.3) is 0 Å². The average Bonchev–Trinajstić information content (AvgIpc) is 3.08. The fraction of sp³-hybridized carbons (Fsp3) is 0.636. The molecular weight excluding hydrogens is 202 g/mol. The second-order valence-corrected chi connectivity index (χ2v) is 4.09. The Morgan fingerprint density at radius 2 is 2.38 bits per heavy atom. The number of likely N-dealkylation sites (N-methyl/N-ethyl adjacent to an activating group) is 1. The lowest BCUT2D eigenvalue weighted by Gasteiger charge is -2.19. The summed E-state index contributed by atoms with van der Waals surface area (Å²) in [6.45, 7) is 5.23. The molecule has 1 aromatic rings. The number of nitrogens with one attached hydrogen (secondary N) is 1. The zero-order valence-electron chi connectivity index (χ0n) is 9.69. The summed E-state index contributed by atoms with van der Waals surface area (Å²) < 4.78 is 0. The molecular formula is C11H19N5. The molecule has 1 saturated carbocycles. The van der Waals surface area contributed by atoms with Crippen LogP contribution in [0.1, 0.15) is 19.8 Å². The number of nitrogen functional groups attached to an aromatic ring is 1. The molecule has 16 heavy (non-hydrogen) atoms. The van der Waals surface area contributed by atoms with Gasteiger partial charge in [0.05, 0.1) is 0 Å². The third kappa shape index (κ3) is 3.06. The summed E-state index contributed by atoms with van der Waals surface area (Å²) in [4.78, 5) is 10.7. The highest BCUT2D eigenvalue weighted by atomic mass is 15.2. The Hall–Kier alpha value is -1.36. The van der Waals surface area contributed by atoms with Crippen molar-refractivity contribution in [3.05, 3.63) is 12.3 Å². The lowest BCUT2D eigenvalue weighted by Crippen LogP contribution is -2.31. The van der Waals surface area contributed by atoms with E-state index >= 15 is 0 Å². The molecule has 5 heteroatoms. The molecule has 0 atom stereocenters. The van der Waals surface area contributed by atoms with Crippen LogP contribution in [0.3, 0.4) is 0 Å². The van der Waals surface area contributed by atoms with Crippen LogP contribution in [0.4, 0.5) is 11.8 Å². The van der Waals surface area contributed by atoms with E-state index in [4.69, 9.17) is 5.73 Å². The van der Waals surface area contributed by atoms with E-state index in [-0.39, 0.29) is 0 Å². The minimum atomic E-state index is 0.507. The molecule has 1 fully saturated rings. The van der Waals surface area contributed by atoms with Crippen molar-refractivity contribution >= 4 is 11.8 Å². The summed E-state index contributed by atoms with van der Waals surface area (Å²) in [6, 6.07) is 2.50. The van der Waals surface area contributed by atoms with E-state index in [0.717, 1.165) is 25.7 Å². The number of aromatic nitrogens is 2. The highest BCUT2D eigenvalue weighted by Crippen LogP contribution is 2.25. The Kier molecular flexibility index (Phi) is 3.56. The van der Waals surface area contributed by atoms with Crippen molar-refractivity contribution in [3.8, 4) is 0 Å². The van der Waals surface area contributed by atoms with Crippen LogP contribution in [0.2, 0.25) is 0 Å². The zero-order valence-corrected chi connectivity index (χ0v) is 9.69. The fourth-order valence-electron chi connectivity index (χ4n) is 1.81. The van der Waals surface area contributed by atoms with Gasteiger partial charge in [-0.1, -0.05) is 6.92 Å². The van der Waals surface area contributed by atoms with Gasteiger partial charge in [0.2, 0.25) is 5.95 Å². The molecule has 1 aliphatic rings. The molecule has 0 radical (unpaired) electrons. The SMILES string of the molecule is CCN(CCNc1nccc(N)n1)C1CC1. The molecule has 0 aliphatic heterocycles. The fourth-order valence-corrected chi connectivity index (χ4v) is 1.81. The van der Waals surface area contributed by atoms with Crippen LogP contribution in [-0.4, -0.2) is 40.5 Å². The van der Waals surface area contributed by atoms with E-state index < -0.39 is 0 Å². The lowest BCUT2D eigenvalue weighted by molar-refractivity contribution is 0.289. The Labute approximate surface area is 96.1 Å². The minimum Gasteiger partial charge on any atom is -0.384 e. The van der Waals surface area contributed by atoms with Gasteiger partial charge in [0, 0.05) is 25.3 Å². The smallest absolute Gasteiger partial charge is 0.224 e. The van der Waals surface area contributed by atoms with Gasteiger partial charge < -0.3 is 11.1 Å². The summed E-state index contributed by atoms with van der Waals surface area (Å²) >= 11 is 0. The van der Waals surface area contributed by atoms with Gasteiger partial charge in [-0.3, -0.25) is 4.90 Å². The summed E-state index contributed by atoms with van der Waals surface area (Å²) in [5.74, 6) is 1.12. The van der Waals surface area contributed by atoms with Gasteiger partial charge in [-0.25, -0.2) is 4.98 Å². The Morgan fingerprint density at radius 3 is 3.00 bits per heavy atom. The van der Waals surface area contributed by atoms with Crippen LogP contribution < -0.4 is 11.1 Å². The van der Waals surface area contributed by atoms with Crippen LogP contribution in [0.15, 0.2) is 12.3 Å². The summed E-state index contributed by atoms with van der Waals surface area (Å²) in [6.07, 6.45) is 4.37. The topological polar surface area (TPSA) is 67.1 Å². The van der Waals surface area contributed by atoms with Crippen molar-refractivity contribution < 1.29 is 0 Å². The van der Waals surface area contributed by atoms with Crippen LogP contribution in [0, 0.1) is 0 Å². The number of hydrogen-bond acceptors (Lipinski definition) is 5. The van der Waals surface area contributed by atoms with E-state index in [1.807, 2.05) is 0 Å². The third-order valence-corrected chi connectivity index (χ3v) is 2.83. The predicted octanol–water partition coefficient (Wildman–Crippen LogP) is 0.955. The Morgan fingerprint density at radius 1 is 1.56 bits per heavy atom. The molecule has 0 unspecified atom stereocenters. The molecule has 0 aromatic carbocycles. The molecule has 0 spiro atoms. The highest BCUT2D eigenvalue weighted by molar-refractivity contribution is 5.34. The van der Waals surface area contributed by atoms with Gasteiger partial charge in [-0.15, -0.1) is 0 Å².